The van der Waals surface area contributed by atoms with Crippen LogP contribution in [-0.2, 0) is 0 Å². The number of nitrogens with zero attached hydrogens (tertiary/aromatic N) is 5. The van der Waals surface area contributed by atoms with Crippen molar-refractivity contribution in [3.05, 3.63) is 116 Å². The Kier molecular flexibility index (Phi) is 5.61. The van der Waals surface area contributed by atoms with Gasteiger partial charge in [0.05, 0.1) is 32.9 Å². The SMILES string of the molecule is Cc1cc(NC(=O)c2ccc(-n3c(C)nc4ccccc4c3=O)cc2)n(-c2ccc([N+](=O)[O-])cc2)n1. The Morgan fingerprint density at radius 1 is 0.944 bits per heavy atom. The fraction of sp³-hybridized carbons (Fsp3) is 0.0769. The van der Waals surface area contributed by atoms with Crippen LogP contribution in [0, 0.1) is 24.0 Å². The van der Waals surface area contributed by atoms with E-state index in [0.29, 0.717) is 45.2 Å². The molecule has 1 N–H and O–H groups in total. The molecule has 0 fully saturated rings. The summed E-state index contributed by atoms with van der Waals surface area (Å²) in [6.45, 7) is 3.54. The molecule has 1 amide bonds. The van der Waals surface area contributed by atoms with E-state index in [4.69, 9.17) is 0 Å². The number of carbonyl (C=O) groups excluding carboxylic acids is 1. The summed E-state index contributed by atoms with van der Waals surface area (Å²) in [4.78, 5) is 41.0. The number of aromatic nitrogens is 4. The summed E-state index contributed by atoms with van der Waals surface area (Å²) in [5, 5.41) is 18.7. The zero-order valence-electron chi connectivity index (χ0n) is 19.4. The van der Waals surface area contributed by atoms with E-state index >= 15 is 0 Å². The van der Waals surface area contributed by atoms with E-state index in [9.17, 15) is 19.7 Å². The number of rotatable bonds is 5. The fourth-order valence-electron chi connectivity index (χ4n) is 4.00. The van der Waals surface area contributed by atoms with Crippen LogP contribution in [0.4, 0.5) is 11.5 Å². The average Bonchev–Trinajstić information content (AvgIpc) is 3.24. The van der Waals surface area contributed by atoms with Crippen LogP contribution in [0.3, 0.4) is 0 Å². The smallest absolute Gasteiger partial charge is 0.269 e. The highest BCUT2D eigenvalue weighted by Gasteiger charge is 2.15. The third-order valence-electron chi connectivity index (χ3n) is 5.71. The Bertz CT molecular complexity index is 1690. The van der Waals surface area contributed by atoms with Crippen molar-refractivity contribution in [3.8, 4) is 11.4 Å². The minimum Gasteiger partial charge on any atom is -0.306 e. The lowest BCUT2D eigenvalue weighted by Crippen LogP contribution is -2.22. The van der Waals surface area contributed by atoms with Gasteiger partial charge < -0.3 is 5.32 Å². The van der Waals surface area contributed by atoms with Crippen molar-refractivity contribution in [3.63, 3.8) is 0 Å². The topological polar surface area (TPSA) is 125 Å². The third-order valence-corrected chi connectivity index (χ3v) is 5.71. The zero-order valence-corrected chi connectivity index (χ0v) is 19.4. The molecule has 0 saturated carbocycles. The number of aryl methyl sites for hydroxylation is 2. The summed E-state index contributed by atoms with van der Waals surface area (Å²) in [6, 6.07) is 21.4. The van der Waals surface area contributed by atoms with E-state index in [1.807, 2.05) is 6.07 Å². The maximum Gasteiger partial charge on any atom is 0.269 e. The van der Waals surface area contributed by atoms with E-state index in [1.165, 1.54) is 21.4 Å². The average molecular weight is 480 g/mol. The van der Waals surface area contributed by atoms with Gasteiger partial charge >= 0.3 is 0 Å². The molecule has 0 unspecified atom stereocenters. The minimum absolute atomic E-state index is 0.0377. The molecule has 10 heteroatoms. The Hall–Kier alpha value is -5.12. The Morgan fingerprint density at radius 3 is 2.31 bits per heavy atom. The van der Waals surface area contributed by atoms with E-state index in [2.05, 4.69) is 15.4 Å². The Labute approximate surface area is 204 Å². The van der Waals surface area contributed by atoms with Crippen LogP contribution in [0.15, 0.2) is 83.7 Å². The van der Waals surface area contributed by atoms with Gasteiger partial charge in [0.15, 0.2) is 0 Å². The molecule has 0 atom stereocenters. The molecule has 5 rings (SSSR count). The Morgan fingerprint density at radius 2 is 1.61 bits per heavy atom. The van der Waals surface area contributed by atoms with Crippen molar-refractivity contribution < 1.29 is 9.72 Å². The summed E-state index contributed by atoms with van der Waals surface area (Å²) >= 11 is 0. The summed E-state index contributed by atoms with van der Waals surface area (Å²) in [5.74, 6) is 0.588. The van der Waals surface area contributed by atoms with Gasteiger partial charge in [-0.2, -0.15) is 5.10 Å². The molecular weight excluding hydrogens is 460 g/mol. The lowest BCUT2D eigenvalue weighted by Gasteiger charge is -2.12. The van der Waals surface area contributed by atoms with Gasteiger partial charge in [0.1, 0.15) is 11.6 Å². The first-order valence-electron chi connectivity index (χ1n) is 11.0. The van der Waals surface area contributed by atoms with Crippen molar-refractivity contribution in [1.82, 2.24) is 19.3 Å². The lowest BCUT2D eigenvalue weighted by molar-refractivity contribution is -0.384. The van der Waals surface area contributed by atoms with Crippen molar-refractivity contribution in [1.29, 1.82) is 0 Å². The summed E-state index contributed by atoms with van der Waals surface area (Å²) in [6.07, 6.45) is 0. The van der Waals surface area contributed by atoms with Crippen LogP contribution >= 0.6 is 0 Å². The molecule has 178 valence electrons. The number of nitrogens with one attached hydrogen (secondary N) is 1. The highest BCUT2D eigenvalue weighted by molar-refractivity contribution is 6.04. The van der Waals surface area contributed by atoms with Crippen LogP contribution < -0.4 is 10.9 Å². The van der Waals surface area contributed by atoms with E-state index in [1.54, 1.807) is 74.5 Å². The normalized spacial score (nSPS) is 10.9. The van der Waals surface area contributed by atoms with Crippen LogP contribution in [0.2, 0.25) is 0 Å². The van der Waals surface area contributed by atoms with Crippen LogP contribution in [0.1, 0.15) is 21.9 Å². The number of nitro groups is 1. The predicted octanol–water partition coefficient (Wildman–Crippen LogP) is 4.35. The van der Waals surface area contributed by atoms with Crippen LogP contribution in [0.5, 0.6) is 0 Å². The van der Waals surface area contributed by atoms with Crippen LogP contribution in [-0.4, -0.2) is 30.2 Å². The summed E-state index contributed by atoms with van der Waals surface area (Å²) < 4.78 is 3.02. The molecule has 0 bridgehead atoms. The molecule has 2 heterocycles. The first-order valence-corrected chi connectivity index (χ1v) is 11.0. The molecule has 0 saturated heterocycles. The highest BCUT2D eigenvalue weighted by Crippen LogP contribution is 2.21. The van der Waals surface area contributed by atoms with Gasteiger partial charge in [0, 0.05) is 23.8 Å². The molecule has 0 spiro atoms. The number of carbonyl (C=O) groups is 1. The van der Waals surface area contributed by atoms with E-state index in [0.717, 1.165) is 0 Å². The largest absolute Gasteiger partial charge is 0.306 e. The van der Waals surface area contributed by atoms with Crippen molar-refractivity contribution in [2.45, 2.75) is 13.8 Å². The van der Waals surface area contributed by atoms with E-state index in [-0.39, 0.29) is 17.2 Å². The van der Waals surface area contributed by atoms with Gasteiger partial charge in [-0.1, -0.05) is 12.1 Å². The van der Waals surface area contributed by atoms with Gasteiger partial charge in [-0.15, -0.1) is 0 Å². The van der Waals surface area contributed by atoms with Crippen molar-refractivity contribution >= 4 is 28.3 Å². The van der Waals surface area contributed by atoms with Crippen molar-refractivity contribution in [2.75, 3.05) is 5.32 Å². The maximum atomic E-state index is 13.0. The molecule has 0 aliphatic rings. The van der Waals surface area contributed by atoms with Gasteiger partial charge in [-0.3, -0.25) is 24.3 Å². The second-order valence-electron chi connectivity index (χ2n) is 8.17. The molecule has 0 aliphatic carbocycles. The number of hydrogen-bond acceptors (Lipinski definition) is 6. The Balaban J connectivity index is 1.42. The van der Waals surface area contributed by atoms with Crippen LogP contribution in [0.25, 0.3) is 22.3 Å². The number of anilines is 1. The minimum atomic E-state index is -0.478. The number of amides is 1. The monoisotopic (exact) mass is 480 g/mol. The molecule has 10 nitrogen and oxygen atoms in total. The fourth-order valence-corrected chi connectivity index (χ4v) is 4.00. The third kappa shape index (κ3) is 4.11. The zero-order chi connectivity index (χ0) is 25.4. The number of para-hydroxylation sites is 1. The second kappa shape index (κ2) is 8.91. The molecule has 0 radical (unpaired) electrons. The summed E-state index contributed by atoms with van der Waals surface area (Å²) in [5.41, 5.74) is 2.62. The second-order valence-corrected chi connectivity index (χ2v) is 8.17. The molecule has 3 aromatic carbocycles. The lowest BCUT2D eigenvalue weighted by atomic mass is 10.1. The maximum absolute atomic E-state index is 13.0. The predicted molar refractivity (Wildman–Crippen MR) is 135 cm³/mol. The quantitative estimate of drug-likeness (QED) is 0.295. The number of fused-ring (bicyclic) bond motifs is 1. The standard InChI is InChI=1S/C26H20N6O4/c1-16-15-24(31(29-16)20-11-13-21(14-12-20)32(35)36)28-25(33)18-7-9-19(10-8-18)30-17(2)27-23-6-4-3-5-22(23)26(30)34/h3-15H,1-2H3,(H,28,33). The molecular formula is C26H20N6O4. The molecule has 2 aromatic heterocycles. The number of nitro benzene ring substituents is 1. The molecule has 5 aromatic rings. The van der Waals surface area contributed by atoms with Gasteiger partial charge in [0.25, 0.3) is 17.2 Å². The molecule has 0 aliphatic heterocycles. The van der Waals surface area contributed by atoms with Gasteiger partial charge in [-0.25, -0.2) is 9.67 Å². The number of non-ortho nitro benzene ring substituents is 1. The van der Waals surface area contributed by atoms with E-state index < -0.39 is 4.92 Å². The molecule has 36 heavy (non-hydrogen) atoms. The first kappa shape index (κ1) is 22.7. The summed E-state index contributed by atoms with van der Waals surface area (Å²) in [7, 11) is 0. The highest BCUT2D eigenvalue weighted by atomic mass is 16.6. The number of benzene rings is 3. The van der Waals surface area contributed by atoms with Gasteiger partial charge in [-0.05, 0) is 62.4 Å². The van der Waals surface area contributed by atoms with Gasteiger partial charge in [0.2, 0.25) is 0 Å². The number of hydrogen-bond donors (Lipinski definition) is 1. The first-order chi connectivity index (χ1) is 17.3. The van der Waals surface area contributed by atoms with Crippen molar-refractivity contribution in [2.24, 2.45) is 0 Å².